The summed E-state index contributed by atoms with van der Waals surface area (Å²) in [6.07, 6.45) is -1.83. The Morgan fingerprint density at radius 1 is 1.03 bits per heavy atom. The van der Waals surface area contributed by atoms with E-state index in [1.54, 1.807) is 12.3 Å². The minimum absolute atomic E-state index is 0.131. The van der Waals surface area contributed by atoms with E-state index in [0.717, 1.165) is 29.7 Å². The molecule has 1 fully saturated rings. The van der Waals surface area contributed by atoms with E-state index in [4.69, 9.17) is 0 Å². The fraction of sp³-hybridized carbons (Fsp3) is 0.333. The molecule has 2 aliphatic rings. The van der Waals surface area contributed by atoms with Crippen LogP contribution in [-0.2, 0) is 23.8 Å². The summed E-state index contributed by atoms with van der Waals surface area (Å²) >= 11 is 0. The topological polar surface area (TPSA) is 48.5 Å². The molecule has 3 heterocycles. The Labute approximate surface area is 202 Å². The van der Waals surface area contributed by atoms with Crippen LogP contribution in [0.2, 0.25) is 0 Å². The van der Waals surface area contributed by atoms with Crippen LogP contribution in [0, 0.1) is 5.92 Å². The third-order valence-corrected chi connectivity index (χ3v) is 6.90. The van der Waals surface area contributed by atoms with Crippen molar-refractivity contribution in [3.05, 3.63) is 89.7 Å². The molecule has 0 saturated carbocycles. The molecule has 5 rings (SSSR count). The molecule has 2 atom stereocenters. The van der Waals surface area contributed by atoms with Gasteiger partial charge in [0, 0.05) is 55.9 Å². The molecule has 182 valence electrons. The predicted octanol–water partition coefficient (Wildman–Crippen LogP) is 4.33. The lowest BCUT2D eigenvalue weighted by Gasteiger charge is -2.49. The Balaban J connectivity index is 1.40. The number of aromatic nitrogens is 1. The molecule has 0 spiro atoms. The normalized spacial score (nSPS) is 19.6. The fourth-order valence-electron chi connectivity index (χ4n) is 5.16. The van der Waals surface area contributed by atoms with E-state index in [-0.39, 0.29) is 18.4 Å². The smallest absolute Gasteiger partial charge is 0.368 e. The van der Waals surface area contributed by atoms with Gasteiger partial charge >= 0.3 is 6.18 Å². The number of hydrogen-bond donors (Lipinski definition) is 1. The number of alkyl halides is 3. The Morgan fingerprint density at radius 2 is 1.83 bits per heavy atom. The van der Waals surface area contributed by atoms with Crippen molar-refractivity contribution in [2.45, 2.75) is 25.1 Å². The van der Waals surface area contributed by atoms with Gasteiger partial charge in [-0.2, -0.15) is 13.2 Å². The molecule has 2 aromatic carbocycles. The number of piperazine rings is 1. The van der Waals surface area contributed by atoms with Crippen LogP contribution in [0.15, 0.2) is 72.9 Å². The van der Waals surface area contributed by atoms with Crippen LogP contribution in [0.3, 0.4) is 0 Å². The van der Waals surface area contributed by atoms with Crippen molar-refractivity contribution in [2.75, 3.05) is 36.0 Å². The summed E-state index contributed by atoms with van der Waals surface area (Å²) in [5, 5.41) is 3.02. The average molecular weight is 481 g/mol. The molecule has 0 unspecified atom stereocenters. The van der Waals surface area contributed by atoms with Crippen molar-refractivity contribution in [1.82, 2.24) is 10.3 Å². The summed E-state index contributed by atoms with van der Waals surface area (Å²) < 4.78 is 40.2. The number of carbonyl (C=O) groups is 1. The van der Waals surface area contributed by atoms with Gasteiger partial charge in [-0.25, -0.2) is 0 Å². The van der Waals surface area contributed by atoms with Crippen molar-refractivity contribution in [3.8, 4) is 0 Å². The zero-order chi connectivity index (χ0) is 24.4. The number of hydrogen-bond acceptors (Lipinski definition) is 4. The number of fused-ring (bicyclic) bond motifs is 3. The fourth-order valence-corrected chi connectivity index (χ4v) is 5.16. The number of carbonyl (C=O) groups excluding carboxylic acids is 1. The highest BCUT2D eigenvalue weighted by molar-refractivity contribution is 5.82. The second-order valence-electron chi connectivity index (χ2n) is 9.06. The lowest BCUT2D eigenvalue weighted by molar-refractivity contribution is -0.137. The van der Waals surface area contributed by atoms with Crippen LogP contribution in [0.5, 0.6) is 0 Å². The first kappa shape index (κ1) is 23.2. The number of nitrogens with zero attached hydrogens (tertiary/aromatic N) is 3. The Bertz CT molecular complexity index is 1170. The van der Waals surface area contributed by atoms with E-state index in [2.05, 4.69) is 20.1 Å². The summed E-state index contributed by atoms with van der Waals surface area (Å²) in [5.41, 5.74) is 2.67. The number of halogens is 3. The minimum Gasteiger partial charge on any atom is -0.368 e. The standard InChI is InChI=1S/C27H27F3N4O/c28-27(29,30)20-9-10-24-19(16-20)17-23(26(35)32-13-11-21-6-4-5-12-31-21)25-18-33(14-15-34(24)25)22-7-2-1-3-8-22/h1-10,12,16,23,25H,11,13-15,17-18H2,(H,32,35)/t23-,25+/m1/s1. The first-order chi connectivity index (χ1) is 16.9. The van der Waals surface area contributed by atoms with Crippen molar-refractivity contribution in [2.24, 2.45) is 5.92 Å². The largest absolute Gasteiger partial charge is 0.416 e. The Morgan fingerprint density at radius 3 is 2.57 bits per heavy atom. The van der Waals surface area contributed by atoms with Gasteiger partial charge in [0.2, 0.25) is 5.91 Å². The summed E-state index contributed by atoms with van der Waals surface area (Å²) in [6, 6.07) is 19.5. The lowest BCUT2D eigenvalue weighted by Crippen LogP contribution is -2.61. The van der Waals surface area contributed by atoms with Crippen molar-refractivity contribution < 1.29 is 18.0 Å². The molecule has 0 aliphatic carbocycles. The van der Waals surface area contributed by atoms with Gasteiger partial charge in [-0.3, -0.25) is 9.78 Å². The molecule has 0 bridgehead atoms. The summed E-state index contributed by atoms with van der Waals surface area (Å²) in [7, 11) is 0. The van der Waals surface area contributed by atoms with Crippen LogP contribution < -0.4 is 15.1 Å². The van der Waals surface area contributed by atoms with Gasteiger partial charge in [-0.05, 0) is 54.4 Å². The third kappa shape index (κ3) is 4.97. The van der Waals surface area contributed by atoms with Crippen LogP contribution in [-0.4, -0.2) is 43.1 Å². The highest BCUT2D eigenvalue weighted by Crippen LogP contribution is 2.40. The summed E-state index contributed by atoms with van der Waals surface area (Å²) in [6.45, 7) is 2.42. The van der Waals surface area contributed by atoms with Gasteiger partial charge in [0.25, 0.3) is 0 Å². The van der Waals surface area contributed by atoms with Crippen LogP contribution in [0.4, 0.5) is 24.5 Å². The van der Waals surface area contributed by atoms with Gasteiger partial charge in [0.15, 0.2) is 0 Å². The maximum Gasteiger partial charge on any atom is 0.416 e. The molecule has 2 aliphatic heterocycles. The Hall–Kier alpha value is -3.55. The van der Waals surface area contributed by atoms with E-state index < -0.39 is 17.7 Å². The number of benzene rings is 2. The number of anilines is 2. The SMILES string of the molecule is O=C(NCCc1ccccn1)[C@@H]1Cc2cc(C(F)(F)F)ccc2N2CCN(c3ccccc3)C[C@@H]12. The quantitative estimate of drug-likeness (QED) is 0.591. The first-order valence-corrected chi connectivity index (χ1v) is 11.8. The van der Waals surface area contributed by atoms with Gasteiger partial charge in [0.1, 0.15) is 0 Å². The van der Waals surface area contributed by atoms with Crippen molar-refractivity contribution >= 4 is 17.3 Å². The molecule has 1 N–H and O–H groups in total. The molecule has 3 aromatic rings. The molecule has 35 heavy (non-hydrogen) atoms. The maximum absolute atomic E-state index is 13.4. The molecule has 1 saturated heterocycles. The molecule has 8 heteroatoms. The third-order valence-electron chi connectivity index (χ3n) is 6.90. The van der Waals surface area contributed by atoms with Gasteiger partial charge in [-0.1, -0.05) is 24.3 Å². The first-order valence-electron chi connectivity index (χ1n) is 11.8. The highest BCUT2D eigenvalue weighted by Gasteiger charge is 2.42. The molecule has 1 amide bonds. The van der Waals surface area contributed by atoms with E-state index in [0.29, 0.717) is 31.6 Å². The number of para-hydroxylation sites is 1. The zero-order valence-electron chi connectivity index (χ0n) is 19.2. The molecule has 1 aromatic heterocycles. The maximum atomic E-state index is 13.4. The van der Waals surface area contributed by atoms with E-state index in [1.807, 2.05) is 48.5 Å². The van der Waals surface area contributed by atoms with E-state index in [9.17, 15) is 18.0 Å². The Kier molecular flexibility index (Phi) is 6.36. The summed E-state index contributed by atoms with van der Waals surface area (Å²) in [4.78, 5) is 22.0. The van der Waals surface area contributed by atoms with E-state index in [1.165, 1.54) is 6.07 Å². The number of nitrogens with one attached hydrogen (secondary N) is 1. The zero-order valence-corrected chi connectivity index (χ0v) is 19.2. The number of pyridine rings is 1. The van der Waals surface area contributed by atoms with E-state index >= 15 is 0 Å². The molecule has 5 nitrogen and oxygen atoms in total. The minimum atomic E-state index is -4.42. The van der Waals surface area contributed by atoms with Crippen LogP contribution >= 0.6 is 0 Å². The molecular formula is C27H27F3N4O. The summed E-state index contributed by atoms with van der Waals surface area (Å²) in [5.74, 6) is -0.588. The second-order valence-corrected chi connectivity index (χ2v) is 9.06. The van der Waals surface area contributed by atoms with Gasteiger partial charge in [-0.15, -0.1) is 0 Å². The van der Waals surface area contributed by atoms with Crippen molar-refractivity contribution in [1.29, 1.82) is 0 Å². The number of rotatable bonds is 5. The lowest BCUT2D eigenvalue weighted by atomic mass is 9.82. The highest BCUT2D eigenvalue weighted by atomic mass is 19.4. The average Bonchev–Trinajstić information content (AvgIpc) is 2.88. The van der Waals surface area contributed by atoms with Gasteiger partial charge in [0.05, 0.1) is 17.5 Å². The van der Waals surface area contributed by atoms with Gasteiger partial charge < -0.3 is 15.1 Å². The van der Waals surface area contributed by atoms with Crippen LogP contribution in [0.1, 0.15) is 16.8 Å². The monoisotopic (exact) mass is 480 g/mol. The molecule has 0 radical (unpaired) electrons. The van der Waals surface area contributed by atoms with Crippen LogP contribution in [0.25, 0.3) is 0 Å². The van der Waals surface area contributed by atoms with Crippen molar-refractivity contribution in [3.63, 3.8) is 0 Å². The number of amides is 1. The predicted molar refractivity (Wildman–Crippen MR) is 129 cm³/mol. The second kappa shape index (κ2) is 9.60. The molecular weight excluding hydrogens is 453 g/mol.